The van der Waals surface area contributed by atoms with Gasteiger partial charge in [-0.3, -0.25) is 4.28 Å². The van der Waals surface area contributed by atoms with Gasteiger partial charge in [0.05, 0.1) is 0 Å². The first kappa shape index (κ1) is 22.7. The Bertz CT molecular complexity index is 972. The van der Waals surface area contributed by atoms with Gasteiger partial charge in [0.25, 0.3) is 0 Å². The van der Waals surface area contributed by atoms with Crippen molar-refractivity contribution in [1.29, 1.82) is 5.26 Å². The van der Waals surface area contributed by atoms with Crippen molar-refractivity contribution in [1.82, 2.24) is 0 Å². The van der Waals surface area contributed by atoms with Crippen molar-refractivity contribution in [3.05, 3.63) is 46.8 Å². The van der Waals surface area contributed by atoms with Crippen LogP contribution in [0.15, 0.2) is 34.6 Å². The lowest BCUT2D eigenvalue weighted by Crippen LogP contribution is -2.24. The Balaban J connectivity index is 3.17. The second kappa shape index (κ2) is 8.55. The number of hydrogen-bond acceptors (Lipinski definition) is 8. The molecule has 16 heteroatoms. The third-order valence-corrected chi connectivity index (χ3v) is 3.21. The quantitative estimate of drug-likeness (QED) is 0.130. The van der Waals surface area contributed by atoms with Gasteiger partial charge in [-0.2, -0.15) is 26.9 Å². The summed E-state index contributed by atoms with van der Waals surface area (Å²) in [5.74, 6) is -0.799. The molecule has 0 heterocycles. The van der Waals surface area contributed by atoms with Crippen LogP contribution in [0.4, 0.5) is 26.3 Å². The van der Waals surface area contributed by atoms with E-state index in [0.717, 1.165) is 24.3 Å². The van der Waals surface area contributed by atoms with Crippen molar-refractivity contribution in [2.24, 2.45) is 10.3 Å². The molecule has 0 saturated carbocycles. The van der Waals surface area contributed by atoms with Gasteiger partial charge in [-0.05, 0) is 4.89 Å². The molecule has 0 bridgehead atoms. The Kier molecular flexibility index (Phi) is 6.92. The van der Waals surface area contributed by atoms with E-state index >= 15 is 0 Å². The van der Waals surface area contributed by atoms with Gasteiger partial charge in [0.2, 0.25) is 0 Å². The summed E-state index contributed by atoms with van der Waals surface area (Å²) >= 11 is 0. The summed E-state index contributed by atoms with van der Waals surface area (Å²) in [6.45, 7) is 6.84. The number of oxime groups is 2. The van der Waals surface area contributed by atoms with E-state index in [-0.39, 0.29) is 11.1 Å². The summed E-state index contributed by atoms with van der Waals surface area (Å²) in [6, 6.07) is 5.42. The number of hydrogen-bond donors (Lipinski definition) is 0. The number of nitriles is 1. The maximum atomic E-state index is 12.2. The molecule has 0 radical (unpaired) electrons. The molecule has 0 aromatic heterocycles. The molecule has 0 aliphatic rings. The molecule has 0 unspecified atom stereocenters. The van der Waals surface area contributed by atoms with Gasteiger partial charge in [0.15, 0.2) is 5.71 Å². The fourth-order valence-corrected chi connectivity index (χ4v) is 1.56. The third kappa shape index (κ3) is 6.41. The molecule has 0 atom stereocenters. The van der Waals surface area contributed by atoms with Crippen molar-refractivity contribution >= 4 is 21.7 Å². The first-order valence-electron chi connectivity index (χ1n) is 6.26. The highest BCUT2D eigenvalue weighted by Gasteiger charge is 2.49. The zero-order valence-corrected chi connectivity index (χ0v) is 13.6. The predicted octanol–water partition coefficient (Wildman–Crippen LogP) is 2.83. The summed E-state index contributed by atoms with van der Waals surface area (Å²) in [5, 5.41) is 14.3. The van der Waals surface area contributed by atoms with Crippen molar-refractivity contribution < 1.29 is 48.9 Å². The maximum Gasteiger partial charge on any atom is 0.561 e. The van der Waals surface area contributed by atoms with Gasteiger partial charge in [-0.1, -0.05) is 36.0 Å². The van der Waals surface area contributed by atoms with Gasteiger partial charge in [-0.25, -0.2) is 0 Å². The highest BCUT2D eigenvalue weighted by Crippen LogP contribution is 2.25. The number of benzene rings is 1. The SMILES string of the molecule is [C-]#[N+]/C(=N\OOC(F)(F)F)c1cccc(/C(C#N)=N/OS(=O)(=O)C(F)(F)F)c1. The van der Waals surface area contributed by atoms with Crippen LogP contribution >= 0.6 is 0 Å². The van der Waals surface area contributed by atoms with Crippen LogP contribution in [0.25, 0.3) is 4.85 Å². The molecule has 0 fully saturated rings. The lowest BCUT2D eigenvalue weighted by Gasteiger charge is -2.05. The second-order valence-electron chi connectivity index (χ2n) is 4.24. The van der Waals surface area contributed by atoms with E-state index in [2.05, 4.69) is 29.3 Å². The minimum Gasteiger partial charge on any atom is -0.357 e. The van der Waals surface area contributed by atoms with E-state index in [0.29, 0.717) is 0 Å². The van der Waals surface area contributed by atoms with E-state index < -0.39 is 33.5 Å². The summed E-state index contributed by atoms with van der Waals surface area (Å²) in [6.07, 6.45) is -5.21. The van der Waals surface area contributed by atoms with Crippen LogP contribution < -0.4 is 0 Å². The molecule has 28 heavy (non-hydrogen) atoms. The first-order chi connectivity index (χ1) is 12.8. The lowest BCUT2D eigenvalue weighted by molar-refractivity contribution is -0.485. The number of halogens is 6. The lowest BCUT2D eigenvalue weighted by atomic mass is 10.1. The molecule has 0 N–H and O–H groups in total. The van der Waals surface area contributed by atoms with E-state index in [1.807, 2.05) is 0 Å². The Hall–Kier alpha value is -3.37. The first-order valence-corrected chi connectivity index (χ1v) is 7.67. The largest absolute Gasteiger partial charge is 0.561 e. The molecule has 1 aromatic carbocycles. The smallest absolute Gasteiger partial charge is 0.357 e. The molecule has 1 aromatic rings. The summed E-state index contributed by atoms with van der Waals surface area (Å²) in [7, 11) is -6.12. The van der Waals surface area contributed by atoms with Gasteiger partial charge < -0.3 is 4.85 Å². The molecule has 0 aliphatic heterocycles. The van der Waals surface area contributed by atoms with Crippen molar-refractivity contribution in [2.75, 3.05) is 0 Å². The molecule has 0 aliphatic carbocycles. The fourth-order valence-electron chi connectivity index (χ4n) is 1.31. The number of nitrogens with zero attached hydrogens (tertiary/aromatic N) is 4. The number of amidine groups is 1. The molecule has 0 spiro atoms. The minimum atomic E-state index is -6.12. The summed E-state index contributed by atoms with van der Waals surface area (Å²) < 4.78 is 96.9. The standard InChI is InChI=1S/C12H4F6N4O5S/c1-20-10(22-26-25-11(13,14)15)8-4-2-3-7(5-8)9(6-19)21-27-28(23,24)12(16,17)18/h2-5H/b21-9+,22-10-. The molecular formula is C12H4F6N4O5S. The molecule has 0 saturated heterocycles. The highest BCUT2D eigenvalue weighted by atomic mass is 32.2. The topological polar surface area (TPSA) is 115 Å². The van der Waals surface area contributed by atoms with E-state index in [1.165, 1.54) is 6.07 Å². The zero-order chi connectivity index (χ0) is 21.6. The van der Waals surface area contributed by atoms with Crippen LogP contribution in [0.5, 0.6) is 0 Å². The predicted molar refractivity (Wildman–Crippen MR) is 76.0 cm³/mol. The van der Waals surface area contributed by atoms with Crippen molar-refractivity contribution in [3.8, 4) is 6.07 Å². The van der Waals surface area contributed by atoms with Crippen LogP contribution in [0.1, 0.15) is 11.1 Å². The molecule has 9 nitrogen and oxygen atoms in total. The van der Waals surface area contributed by atoms with Crippen LogP contribution in [0, 0.1) is 17.9 Å². The average molecular weight is 430 g/mol. The molecule has 1 rings (SSSR count). The number of rotatable bonds is 6. The van der Waals surface area contributed by atoms with E-state index in [1.54, 1.807) is 0 Å². The summed E-state index contributed by atoms with van der Waals surface area (Å²) in [5.41, 5.74) is -7.35. The number of alkyl halides is 6. The van der Waals surface area contributed by atoms with Crippen LogP contribution in [0.2, 0.25) is 0 Å². The van der Waals surface area contributed by atoms with Crippen LogP contribution in [0.3, 0.4) is 0 Å². The van der Waals surface area contributed by atoms with Crippen LogP contribution in [-0.4, -0.2) is 31.8 Å². The minimum absolute atomic E-state index is 0.264. The summed E-state index contributed by atoms with van der Waals surface area (Å²) in [4.78, 5) is 9.13. The van der Waals surface area contributed by atoms with Gasteiger partial charge in [0, 0.05) is 11.1 Å². The van der Waals surface area contributed by atoms with Gasteiger partial charge in [0.1, 0.15) is 11.2 Å². The molecule has 150 valence electrons. The van der Waals surface area contributed by atoms with Gasteiger partial charge >= 0.3 is 27.8 Å². The third-order valence-electron chi connectivity index (χ3n) is 2.37. The average Bonchev–Trinajstić information content (AvgIpc) is 2.57. The van der Waals surface area contributed by atoms with Gasteiger partial charge in [-0.15, -0.1) is 18.2 Å². The Morgan fingerprint density at radius 2 is 1.75 bits per heavy atom. The monoisotopic (exact) mass is 430 g/mol. The van der Waals surface area contributed by atoms with E-state index in [9.17, 15) is 34.8 Å². The maximum absolute atomic E-state index is 12.2. The highest BCUT2D eigenvalue weighted by molar-refractivity contribution is 7.87. The van der Waals surface area contributed by atoms with E-state index in [4.69, 9.17) is 11.8 Å². The van der Waals surface area contributed by atoms with Crippen molar-refractivity contribution in [2.45, 2.75) is 11.9 Å². The van der Waals surface area contributed by atoms with Crippen LogP contribution in [-0.2, 0) is 24.3 Å². The van der Waals surface area contributed by atoms with Crippen molar-refractivity contribution in [3.63, 3.8) is 0 Å². The normalized spacial score (nSPS) is 13.4. The Morgan fingerprint density at radius 3 is 2.25 bits per heavy atom. The Morgan fingerprint density at radius 1 is 1.14 bits per heavy atom. The molecule has 0 amide bonds. The second-order valence-corrected chi connectivity index (χ2v) is 5.76. The Labute approximate surface area is 151 Å². The molecular weight excluding hydrogens is 426 g/mol. The fraction of sp³-hybridized carbons (Fsp3) is 0.167. The zero-order valence-electron chi connectivity index (χ0n) is 12.8.